The van der Waals surface area contributed by atoms with Crippen LogP contribution in [0, 0.1) is 0 Å². The van der Waals surface area contributed by atoms with Crippen LogP contribution in [0.25, 0.3) is 0 Å². The number of benzene rings is 1. The highest BCUT2D eigenvalue weighted by Crippen LogP contribution is 2.13. The second-order valence-corrected chi connectivity index (χ2v) is 4.57. The predicted octanol–water partition coefficient (Wildman–Crippen LogP) is 3.15. The van der Waals surface area contributed by atoms with Gasteiger partial charge in [0.1, 0.15) is 5.75 Å². The van der Waals surface area contributed by atoms with Crippen molar-refractivity contribution in [3.8, 4) is 5.75 Å². The summed E-state index contributed by atoms with van der Waals surface area (Å²) in [5.41, 5.74) is 1.24. The number of rotatable bonds is 4. The van der Waals surface area contributed by atoms with Gasteiger partial charge in [0, 0.05) is 19.5 Å². The third kappa shape index (κ3) is 4.06. The molecule has 0 spiro atoms. The summed E-state index contributed by atoms with van der Waals surface area (Å²) >= 11 is 0. The van der Waals surface area contributed by atoms with Crippen LogP contribution in [0.1, 0.15) is 38.2 Å². The molecule has 0 fully saturated rings. The minimum absolute atomic E-state index is 0.712. The lowest BCUT2D eigenvalue weighted by atomic mass is 10.2. The van der Waals surface area contributed by atoms with E-state index in [0.717, 1.165) is 31.1 Å². The molecule has 98 valence electrons. The molecule has 0 amide bonds. The second-order valence-electron chi connectivity index (χ2n) is 4.57. The van der Waals surface area contributed by atoms with E-state index in [4.69, 9.17) is 4.74 Å². The van der Waals surface area contributed by atoms with Gasteiger partial charge < -0.3 is 10.1 Å². The van der Waals surface area contributed by atoms with Crippen molar-refractivity contribution < 1.29 is 4.74 Å². The third-order valence-corrected chi connectivity index (χ3v) is 3.08. The van der Waals surface area contributed by atoms with Crippen LogP contribution in [-0.2, 0) is 6.54 Å². The van der Waals surface area contributed by atoms with E-state index < -0.39 is 0 Å². The largest absolute Gasteiger partial charge is 0.494 e. The van der Waals surface area contributed by atoms with E-state index in [9.17, 15) is 0 Å². The molecule has 3 nitrogen and oxygen atoms in total. The van der Waals surface area contributed by atoms with Gasteiger partial charge in [0.2, 0.25) is 0 Å². The fraction of sp³-hybridized carbons (Fsp3) is 0.533. The van der Waals surface area contributed by atoms with Crippen LogP contribution >= 0.6 is 0 Å². The molecule has 2 rings (SSSR count). The molecule has 0 bridgehead atoms. The van der Waals surface area contributed by atoms with E-state index in [1.54, 1.807) is 0 Å². The Labute approximate surface area is 109 Å². The van der Waals surface area contributed by atoms with Gasteiger partial charge in [-0.25, -0.2) is 0 Å². The molecule has 1 aromatic rings. The standard InChI is InChI=1S/C15H22N2O/c1-2-18-14-8-6-7-13(11-14)12-17-15-9-4-3-5-10-16-15/h6-8,11H,2-5,9-10,12H2,1H3,(H,16,17). The van der Waals surface area contributed by atoms with E-state index in [2.05, 4.69) is 22.4 Å². The topological polar surface area (TPSA) is 33.6 Å². The van der Waals surface area contributed by atoms with Gasteiger partial charge in [-0.3, -0.25) is 4.99 Å². The SMILES string of the molecule is CCOc1cccc(CNC2=NCCCCC2)c1. The number of aliphatic imine (C=N–C) groups is 1. The predicted molar refractivity (Wildman–Crippen MR) is 75.2 cm³/mol. The zero-order valence-corrected chi connectivity index (χ0v) is 11.1. The van der Waals surface area contributed by atoms with E-state index in [1.807, 2.05) is 19.1 Å². The van der Waals surface area contributed by atoms with Gasteiger partial charge >= 0.3 is 0 Å². The molecule has 1 heterocycles. The Hall–Kier alpha value is -1.51. The van der Waals surface area contributed by atoms with Crippen LogP contribution in [0.4, 0.5) is 0 Å². The lowest BCUT2D eigenvalue weighted by Gasteiger charge is -2.10. The minimum Gasteiger partial charge on any atom is -0.494 e. The first-order chi connectivity index (χ1) is 8.88. The fourth-order valence-electron chi connectivity index (χ4n) is 2.13. The molecule has 0 saturated heterocycles. The smallest absolute Gasteiger partial charge is 0.119 e. The number of nitrogens with one attached hydrogen (secondary N) is 1. The monoisotopic (exact) mass is 246 g/mol. The molecule has 0 atom stereocenters. The van der Waals surface area contributed by atoms with E-state index >= 15 is 0 Å². The molecule has 18 heavy (non-hydrogen) atoms. The number of nitrogens with zero attached hydrogens (tertiary/aromatic N) is 1. The number of hydrogen-bond acceptors (Lipinski definition) is 3. The Bertz CT molecular complexity index is 401. The molecule has 0 saturated carbocycles. The summed E-state index contributed by atoms with van der Waals surface area (Å²) in [6, 6.07) is 8.24. The van der Waals surface area contributed by atoms with Crippen LogP contribution < -0.4 is 10.1 Å². The number of ether oxygens (including phenoxy) is 1. The molecule has 1 N–H and O–H groups in total. The summed E-state index contributed by atoms with van der Waals surface area (Å²) in [6.45, 7) is 4.52. The quantitative estimate of drug-likeness (QED) is 0.885. The number of hydrogen-bond donors (Lipinski definition) is 1. The summed E-state index contributed by atoms with van der Waals surface area (Å²) in [5.74, 6) is 2.11. The van der Waals surface area contributed by atoms with Gasteiger partial charge in [-0.05, 0) is 37.5 Å². The summed E-state index contributed by atoms with van der Waals surface area (Å²) in [4.78, 5) is 4.57. The molecule has 0 unspecified atom stereocenters. The summed E-state index contributed by atoms with van der Waals surface area (Å²) in [5, 5.41) is 3.44. The van der Waals surface area contributed by atoms with Crippen molar-refractivity contribution in [2.45, 2.75) is 39.2 Å². The van der Waals surface area contributed by atoms with Crippen molar-refractivity contribution in [2.24, 2.45) is 4.99 Å². The maximum absolute atomic E-state index is 5.50. The van der Waals surface area contributed by atoms with Gasteiger partial charge in [0.15, 0.2) is 0 Å². The molecular weight excluding hydrogens is 224 g/mol. The summed E-state index contributed by atoms with van der Waals surface area (Å²) in [7, 11) is 0. The fourth-order valence-corrected chi connectivity index (χ4v) is 2.13. The maximum atomic E-state index is 5.50. The maximum Gasteiger partial charge on any atom is 0.119 e. The molecule has 0 radical (unpaired) electrons. The van der Waals surface area contributed by atoms with Gasteiger partial charge in [-0.1, -0.05) is 18.6 Å². The van der Waals surface area contributed by atoms with Crippen LogP contribution in [0.5, 0.6) is 5.75 Å². The first-order valence-electron chi connectivity index (χ1n) is 6.87. The van der Waals surface area contributed by atoms with E-state index in [1.165, 1.54) is 24.8 Å². The van der Waals surface area contributed by atoms with Crippen LogP contribution in [0.15, 0.2) is 29.3 Å². The molecule has 1 aliphatic rings. The van der Waals surface area contributed by atoms with E-state index in [0.29, 0.717) is 6.61 Å². The van der Waals surface area contributed by atoms with E-state index in [-0.39, 0.29) is 0 Å². The van der Waals surface area contributed by atoms with Crippen molar-refractivity contribution in [1.82, 2.24) is 5.32 Å². The summed E-state index contributed by atoms with van der Waals surface area (Å²) in [6.07, 6.45) is 4.87. The van der Waals surface area contributed by atoms with Crippen LogP contribution in [-0.4, -0.2) is 19.0 Å². The van der Waals surface area contributed by atoms with Crippen molar-refractivity contribution >= 4 is 5.84 Å². The van der Waals surface area contributed by atoms with Crippen LogP contribution in [0.2, 0.25) is 0 Å². The third-order valence-electron chi connectivity index (χ3n) is 3.08. The first kappa shape index (κ1) is 12.9. The van der Waals surface area contributed by atoms with Gasteiger partial charge in [0.25, 0.3) is 0 Å². The highest BCUT2D eigenvalue weighted by molar-refractivity contribution is 5.82. The molecule has 0 aliphatic carbocycles. The molecule has 1 aromatic carbocycles. The lowest BCUT2D eigenvalue weighted by Crippen LogP contribution is -2.22. The summed E-state index contributed by atoms with van der Waals surface area (Å²) < 4.78 is 5.50. The average molecular weight is 246 g/mol. The Morgan fingerprint density at radius 2 is 2.22 bits per heavy atom. The van der Waals surface area contributed by atoms with Crippen molar-refractivity contribution in [3.05, 3.63) is 29.8 Å². The highest BCUT2D eigenvalue weighted by Gasteiger charge is 2.04. The zero-order valence-electron chi connectivity index (χ0n) is 11.1. The second kappa shape index (κ2) is 7.04. The lowest BCUT2D eigenvalue weighted by molar-refractivity contribution is 0.340. The van der Waals surface area contributed by atoms with Gasteiger partial charge in [-0.2, -0.15) is 0 Å². The van der Waals surface area contributed by atoms with Gasteiger partial charge in [-0.15, -0.1) is 0 Å². The Morgan fingerprint density at radius 1 is 1.28 bits per heavy atom. The number of amidine groups is 1. The Morgan fingerprint density at radius 3 is 3.11 bits per heavy atom. The highest BCUT2D eigenvalue weighted by atomic mass is 16.5. The Balaban J connectivity index is 1.88. The molecule has 3 heteroatoms. The zero-order chi connectivity index (χ0) is 12.6. The van der Waals surface area contributed by atoms with Crippen molar-refractivity contribution in [1.29, 1.82) is 0 Å². The first-order valence-corrected chi connectivity index (χ1v) is 6.87. The van der Waals surface area contributed by atoms with Gasteiger partial charge in [0.05, 0.1) is 12.4 Å². The Kier molecular flexibility index (Phi) is 5.06. The van der Waals surface area contributed by atoms with Crippen molar-refractivity contribution in [2.75, 3.05) is 13.2 Å². The molecule has 0 aromatic heterocycles. The van der Waals surface area contributed by atoms with Crippen molar-refractivity contribution in [3.63, 3.8) is 0 Å². The minimum atomic E-state index is 0.712. The normalized spacial score (nSPS) is 15.7. The van der Waals surface area contributed by atoms with Crippen LogP contribution in [0.3, 0.4) is 0 Å². The molecule has 1 aliphatic heterocycles. The average Bonchev–Trinajstić information content (AvgIpc) is 2.66. The molecular formula is C15H22N2O.